The largest absolute Gasteiger partial charge is 0.507 e. The number of benzene rings is 3. The Kier molecular flexibility index (Phi) is 3.21. The molecule has 6 heteroatoms. The number of hydrogen-bond acceptors (Lipinski definition) is 6. The monoisotopic (exact) mass is 358 g/mol. The van der Waals surface area contributed by atoms with Crippen LogP contribution in [0.1, 0.15) is 5.56 Å². The molecule has 0 amide bonds. The van der Waals surface area contributed by atoms with Crippen LogP contribution in [-0.2, 0) is 0 Å². The second-order valence-corrected chi connectivity index (χ2v) is 6.36. The number of nitrogens with zero attached hydrogens (tertiary/aromatic N) is 2. The zero-order valence-corrected chi connectivity index (χ0v) is 14.3. The minimum Gasteiger partial charge on any atom is -0.507 e. The molecule has 0 saturated carbocycles. The second kappa shape index (κ2) is 5.60. The molecule has 5 aromatic rings. The highest BCUT2D eigenvalue weighted by atomic mass is 16.4. The molecule has 0 unspecified atom stereocenters. The molecule has 132 valence electrons. The highest BCUT2D eigenvalue weighted by Crippen LogP contribution is 2.40. The first-order chi connectivity index (χ1) is 13.1. The summed E-state index contributed by atoms with van der Waals surface area (Å²) in [5.74, 6) is 0.275. The smallest absolute Gasteiger partial charge is 0.231 e. The first kappa shape index (κ1) is 15.5. The lowest BCUT2D eigenvalue weighted by Gasteiger charge is -2.05. The second-order valence-electron chi connectivity index (χ2n) is 6.36. The normalized spacial score (nSPS) is 11.4. The van der Waals surface area contributed by atoms with Crippen LogP contribution in [0.25, 0.3) is 45.1 Å². The van der Waals surface area contributed by atoms with Gasteiger partial charge in [0.15, 0.2) is 11.2 Å². The van der Waals surface area contributed by atoms with Crippen molar-refractivity contribution < 1.29 is 19.0 Å². The average molecular weight is 358 g/mol. The van der Waals surface area contributed by atoms with Gasteiger partial charge in [0.05, 0.1) is 11.1 Å². The van der Waals surface area contributed by atoms with Crippen LogP contribution < -0.4 is 0 Å². The van der Waals surface area contributed by atoms with E-state index in [-0.39, 0.29) is 23.3 Å². The van der Waals surface area contributed by atoms with E-state index in [0.717, 1.165) is 5.56 Å². The number of rotatable bonds is 2. The van der Waals surface area contributed by atoms with Crippen LogP contribution in [0.15, 0.2) is 63.4 Å². The lowest BCUT2D eigenvalue weighted by molar-refractivity contribution is 0.458. The molecule has 5 rings (SSSR count). The molecule has 2 aromatic heterocycles. The molecule has 0 bridgehead atoms. The van der Waals surface area contributed by atoms with Crippen LogP contribution in [0.3, 0.4) is 0 Å². The Labute approximate surface area is 153 Å². The van der Waals surface area contributed by atoms with Crippen molar-refractivity contribution in [3.8, 4) is 34.4 Å². The van der Waals surface area contributed by atoms with Crippen molar-refractivity contribution in [3.63, 3.8) is 0 Å². The molecule has 0 aliphatic heterocycles. The molecular weight excluding hydrogens is 344 g/mol. The Hall–Kier alpha value is -3.80. The Balaban J connectivity index is 1.63. The van der Waals surface area contributed by atoms with Gasteiger partial charge in [0.2, 0.25) is 11.8 Å². The maximum Gasteiger partial charge on any atom is 0.231 e. The third kappa shape index (κ3) is 2.50. The van der Waals surface area contributed by atoms with Gasteiger partial charge in [-0.15, -0.1) is 0 Å². The fourth-order valence-corrected chi connectivity index (χ4v) is 3.06. The number of para-hydroxylation sites is 2. The highest BCUT2D eigenvalue weighted by Gasteiger charge is 2.19. The van der Waals surface area contributed by atoms with Gasteiger partial charge < -0.3 is 19.0 Å². The summed E-state index contributed by atoms with van der Waals surface area (Å²) in [5, 5.41) is 21.0. The van der Waals surface area contributed by atoms with Gasteiger partial charge in [0.1, 0.15) is 22.5 Å². The summed E-state index contributed by atoms with van der Waals surface area (Å²) in [6.07, 6.45) is 0. The molecule has 3 aromatic carbocycles. The number of phenols is 2. The van der Waals surface area contributed by atoms with Gasteiger partial charge in [-0.05, 0) is 48.9 Å². The lowest BCUT2D eigenvalue weighted by atomic mass is 10.1. The van der Waals surface area contributed by atoms with Crippen LogP contribution in [-0.4, -0.2) is 20.2 Å². The van der Waals surface area contributed by atoms with Crippen LogP contribution in [0.2, 0.25) is 0 Å². The Morgan fingerprint density at radius 1 is 0.704 bits per heavy atom. The first-order valence-electron chi connectivity index (χ1n) is 8.38. The van der Waals surface area contributed by atoms with Gasteiger partial charge in [0.25, 0.3) is 0 Å². The van der Waals surface area contributed by atoms with E-state index < -0.39 is 0 Å². The SMILES string of the molecule is Cc1ccc2oc(-c3cc(O)c(-c4nc5ccccc5o4)cc3O)nc2c1. The third-order valence-electron chi connectivity index (χ3n) is 4.41. The number of aryl methyl sites for hydroxylation is 1. The fraction of sp³-hybridized carbons (Fsp3) is 0.0476. The summed E-state index contributed by atoms with van der Waals surface area (Å²) in [6, 6.07) is 15.7. The van der Waals surface area contributed by atoms with Crippen molar-refractivity contribution in [1.82, 2.24) is 9.97 Å². The fourth-order valence-electron chi connectivity index (χ4n) is 3.06. The molecule has 2 N–H and O–H groups in total. The van der Waals surface area contributed by atoms with Crippen LogP contribution in [0.5, 0.6) is 11.5 Å². The van der Waals surface area contributed by atoms with Crippen LogP contribution in [0, 0.1) is 6.92 Å². The summed E-state index contributed by atoms with van der Waals surface area (Å²) >= 11 is 0. The van der Waals surface area contributed by atoms with E-state index in [4.69, 9.17) is 8.83 Å². The van der Waals surface area contributed by atoms with E-state index in [0.29, 0.717) is 33.3 Å². The number of aromatic nitrogens is 2. The standard InChI is InChI=1S/C21H14N2O4/c1-11-6-7-19-15(8-11)23-21(27-19)13-10-16(24)12(9-17(13)25)20-22-14-4-2-3-5-18(14)26-20/h2-10,24-25H,1H3. The Morgan fingerprint density at radius 3 is 1.96 bits per heavy atom. The summed E-state index contributed by atoms with van der Waals surface area (Å²) < 4.78 is 11.4. The summed E-state index contributed by atoms with van der Waals surface area (Å²) in [6.45, 7) is 1.96. The molecule has 0 aliphatic rings. The average Bonchev–Trinajstić information content (AvgIpc) is 3.26. The van der Waals surface area contributed by atoms with Crippen molar-refractivity contribution >= 4 is 22.2 Å². The zero-order valence-electron chi connectivity index (χ0n) is 14.3. The molecule has 0 spiro atoms. The minimum atomic E-state index is -0.0900. The summed E-state index contributed by atoms with van der Waals surface area (Å²) in [5.41, 5.74) is 4.21. The zero-order chi connectivity index (χ0) is 18.5. The predicted molar refractivity (Wildman–Crippen MR) is 101 cm³/mol. The van der Waals surface area contributed by atoms with E-state index in [1.165, 1.54) is 12.1 Å². The lowest BCUT2D eigenvalue weighted by Crippen LogP contribution is -1.84. The highest BCUT2D eigenvalue weighted by molar-refractivity contribution is 5.82. The molecule has 27 heavy (non-hydrogen) atoms. The predicted octanol–water partition coefficient (Wildman–Crippen LogP) is 5.02. The summed E-state index contributed by atoms with van der Waals surface area (Å²) in [7, 11) is 0. The number of fused-ring (bicyclic) bond motifs is 2. The van der Waals surface area contributed by atoms with Gasteiger partial charge in [-0.1, -0.05) is 18.2 Å². The van der Waals surface area contributed by atoms with E-state index >= 15 is 0 Å². The van der Waals surface area contributed by atoms with Crippen molar-refractivity contribution in [2.75, 3.05) is 0 Å². The maximum atomic E-state index is 10.5. The number of phenolic OH excluding ortho intramolecular Hbond substituents is 2. The molecule has 0 radical (unpaired) electrons. The van der Waals surface area contributed by atoms with Gasteiger partial charge in [-0.2, -0.15) is 0 Å². The van der Waals surface area contributed by atoms with E-state index in [9.17, 15) is 10.2 Å². The number of hydrogen-bond donors (Lipinski definition) is 2. The molecule has 0 fully saturated rings. The Morgan fingerprint density at radius 2 is 1.30 bits per heavy atom. The Bertz CT molecular complexity index is 1280. The minimum absolute atomic E-state index is 0.0895. The quantitative estimate of drug-likeness (QED) is 0.430. The first-order valence-corrected chi connectivity index (χ1v) is 8.38. The van der Waals surface area contributed by atoms with Crippen molar-refractivity contribution in [3.05, 3.63) is 60.2 Å². The number of oxazole rings is 2. The summed E-state index contributed by atoms with van der Waals surface area (Å²) in [4.78, 5) is 8.76. The van der Waals surface area contributed by atoms with Crippen LogP contribution in [0.4, 0.5) is 0 Å². The van der Waals surface area contributed by atoms with Crippen molar-refractivity contribution in [2.24, 2.45) is 0 Å². The molecule has 6 nitrogen and oxygen atoms in total. The van der Waals surface area contributed by atoms with E-state index in [1.807, 2.05) is 43.3 Å². The molecule has 0 aliphatic carbocycles. The molecule has 2 heterocycles. The van der Waals surface area contributed by atoms with Crippen molar-refractivity contribution in [1.29, 1.82) is 0 Å². The van der Waals surface area contributed by atoms with Gasteiger partial charge in [0, 0.05) is 0 Å². The van der Waals surface area contributed by atoms with Gasteiger partial charge in [-0.25, -0.2) is 9.97 Å². The van der Waals surface area contributed by atoms with Crippen LogP contribution >= 0.6 is 0 Å². The number of aromatic hydroxyl groups is 2. The van der Waals surface area contributed by atoms with Gasteiger partial charge >= 0.3 is 0 Å². The van der Waals surface area contributed by atoms with E-state index in [1.54, 1.807) is 6.07 Å². The molecule has 0 atom stereocenters. The molecular formula is C21H14N2O4. The van der Waals surface area contributed by atoms with Crippen molar-refractivity contribution in [2.45, 2.75) is 6.92 Å². The van der Waals surface area contributed by atoms with Gasteiger partial charge in [-0.3, -0.25) is 0 Å². The maximum absolute atomic E-state index is 10.5. The molecule has 0 saturated heterocycles. The topological polar surface area (TPSA) is 92.5 Å². The van der Waals surface area contributed by atoms with E-state index in [2.05, 4.69) is 9.97 Å². The third-order valence-corrected chi connectivity index (χ3v) is 4.41.